The Labute approximate surface area is 58.1 Å². The quantitative estimate of drug-likeness (QED) is 0.474. The lowest BCUT2D eigenvalue weighted by atomic mass is 11.3. The fourth-order valence-corrected chi connectivity index (χ4v) is 0. The molecule has 0 rings (SSSR count). The van der Waals surface area contributed by atoms with E-state index in [0.717, 1.165) is 0 Å². The van der Waals surface area contributed by atoms with E-state index in [9.17, 15) is 0 Å². The fourth-order valence-electron chi connectivity index (χ4n) is 0. The summed E-state index contributed by atoms with van der Waals surface area (Å²) in [5.41, 5.74) is 2.48. The summed E-state index contributed by atoms with van der Waals surface area (Å²) in [4.78, 5) is 0. The first-order chi connectivity index (χ1) is 3.33. The summed E-state index contributed by atoms with van der Waals surface area (Å²) in [5.74, 6) is 0. The molecule has 0 aliphatic carbocycles. The van der Waals surface area contributed by atoms with Crippen molar-refractivity contribution in [2.45, 2.75) is 0 Å². The number of halogens is 3. The van der Waals surface area contributed by atoms with Crippen molar-refractivity contribution in [3.05, 3.63) is 11.1 Å². The maximum atomic E-state index is 4.87. The van der Waals surface area contributed by atoms with Crippen molar-refractivity contribution in [3.63, 3.8) is 0 Å². The van der Waals surface area contributed by atoms with Crippen molar-refractivity contribution in [3.8, 4) is 11.8 Å². The zero-order chi connectivity index (χ0) is 6.12. The summed E-state index contributed by atoms with van der Waals surface area (Å²) in [6.07, 6.45) is 4.36. The van der Waals surface area contributed by atoms with Crippen molar-refractivity contribution in [2.75, 3.05) is 0 Å². The van der Waals surface area contributed by atoms with Gasteiger partial charge in [0.05, 0.1) is 0 Å². The molecule has 0 radical (unpaired) electrons. The van der Waals surface area contributed by atoms with Crippen molar-refractivity contribution in [1.29, 1.82) is 0 Å². The molecule has 0 heterocycles. The van der Waals surface area contributed by atoms with Crippen LogP contribution in [0, 0.1) is 11.8 Å². The van der Waals surface area contributed by atoms with Gasteiger partial charge in [-0.3, -0.25) is 0 Å². The highest BCUT2D eigenvalue weighted by molar-refractivity contribution is 6.33. The Morgan fingerprint density at radius 1 is 1.29 bits per heavy atom. The SMILES string of the molecule is C#CCl.Cl/C=C/Cl. The lowest BCUT2D eigenvalue weighted by Gasteiger charge is -1.44. The predicted molar refractivity (Wildman–Crippen MR) is 35.5 cm³/mol. The van der Waals surface area contributed by atoms with Crippen LogP contribution in [0.3, 0.4) is 0 Å². The smallest absolute Gasteiger partial charge is 0.0156 e. The molecule has 7 heavy (non-hydrogen) atoms. The van der Waals surface area contributed by atoms with Gasteiger partial charge >= 0.3 is 0 Å². The molecule has 0 fully saturated rings. The minimum absolute atomic E-state index is 1.24. The van der Waals surface area contributed by atoms with E-state index in [4.69, 9.17) is 23.2 Å². The van der Waals surface area contributed by atoms with Crippen molar-refractivity contribution >= 4 is 34.8 Å². The molecular formula is C4H3Cl3. The lowest BCUT2D eigenvalue weighted by molar-refractivity contribution is 2.51. The van der Waals surface area contributed by atoms with Crippen LogP contribution in [-0.2, 0) is 0 Å². The molecule has 0 aromatic rings. The summed E-state index contributed by atoms with van der Waals surface area (Å²) in [7, 11) is 0. The standard InChI is InChI=1S/C2H2Cl2.C2HCl/c3-1-2-4;1-2-3/h1-2H;1H/b2-1+;. The van der Waals surface area contributed by atoms with Gasteiger partial charge in [-0.05, 0) is 11.6 Å². The molecule has 0 aromatic carbocycles. The van der Waals surface area contributed by atoms with E-state index in [1.807, 2.05) is 0 Å². The highest BCUT2D eigenvalue weighted by atomic mass is 35.5. The van der Waals surface area contributed by atoms with Crippen LogP contribution in [0.1, 0.15) is 0 Å². The number of hydrogen-bond acceptors (Lipinski definition) is 0. The van der Waals surface area contributed by atoms with Crippen molar-refractivity contribution < 1.29 is 0 Å². The van der Waals surface area contributed by atoms with Crippen LogP contribution in [0.15, 0.2) is 11.1 Å². The average Bonchev–Trinajstić information content (AvgIpc) is 1.69. The van der Waals surface area contributed by atoms with Gasteiger partial charge in [-0.2, -0.15) is 0 Å². The minimum Gasteiger partial charge on any atom is -0.103 e. The molecule has 40 valence electrons. The van der Waals surface area contributed by atoms with Gasteiger partial charge in [-0.1, -0.05) is 23.2 Å². The Hall–Kier alpha value is 0.170. The van der Waals surface area contributed by atoms with Gasteiger partial charge in [0, 0.05) is 16.5 Å². The molecule has 0 saturated carbocycles. The highest BCUT2D eigenvalue weighted by Gasteiger charge is 1.40. The Kier molecular flexibility index (Phi) is 23.9. The van der Waals surface area contributed by atoms with Gasteiger partial charge in [-0.25, -0.2) is 0 Å². The van der Waals surface area contributed by atoms with Crippen LogP contribution in [-0.4, -0.2) is 0 Å². The second-order valence-electron chi connectivity index (χ2n) is 0.361. The molecule has 0 amide bonds. The molecular weight excluding hydrogens is 154 g/mol. The second-order valence-corrected chi connectivity index (χ2v) is 1.08. The molecule has 3 heteroatoms. The van der Waals surface area contributed by atoms with Crippen LogP contribution < -0.4 is 0 Å². The Morgan fingerprint density at radius 2 is 1.43 bits per heavy atom. The maximum absolute atomic E-state index is 4.87. The predicted octanol–water partition coefficient (Wildman–Crippen LogP) is 2.75. The zero-order valence-electron chi connectivity index (χ0n) is 3.37. The molecule has 0 aliphatic rings. The van der Waals surface area contributed by atoms with Gasteiger partial charge in [-0.15, -0.1) is 6.42 Å². The summed E-state index contributed by atoms with van der Waals surface area (Å²) in [5, 5.41) is 1.72. The van der Waals surface area contributed by atoms with Gasteiger partial charge < -0.3 is 0 Å². The first-order valence-electron chi connectivity index (χ1n) is 1.25. The molecule has 0 atom stereocenters. The molecule has 0 nitrogen and oxygen atoms in total. The van der Waals surface area contributed by atoms with E-state index >= 15 is 0 Å². The zero-order valence-corrected chi connectivity index (χ0v) is 5.63. The number of terminal acetylenes is 1. The number of rotatable bonds is 0. The first-order valence-corrected chi connectivity index (χ1v) is 2.50. The summed E-state index contributed by atoms with van der Waals surface area (Å²) in [6, 6.07) is 0. The Morgan fingerprint density at radius 3 is 1.43 bits per heavy atom. The molecule has 0 saturated heterocycles. The van der Waals surface area contributed by atoms with Crippen LogP contribution in [0.4, 0.5) is 0 Å². The summed E-state index contributed by atoms with van der Waals surface area (Å²) < 4.78 is 0. The van der Waals surface area contributed by atoms with E-state index in [2.05, 4.69) is 18.0 Å². The average molecular weight is 157 g/mol. The van der Waals surface area contributed by atoms with Crippen LogP contribution in [0.2, 0.25) is 0 Å². The molecule has 0 spiro atoms. The second kappa shape index (κ2) is 16.4. The van der Waals surface area contributed by atoms with Gasteiger partial charge in [0.1, 0.15) is 0 Å². The van der Waals surface area contributed by atoms with Crippen LogP contribution >= 0.6 is 34.8 Å². The normalized spacial score (nSPS) is 6.57. The largest absolute Gasteiger partial charge is 0.103 e. The van der Waals surface area contributed by atoms with E-state index in [-0.39, 0.29) is 0 Å². The third-order valence-electron chi connectivity index (χ3n) is 0.0476. The summed E-state index contributed by atoms with van der Waals surface area (Å²) in [6.45, 7) is 0. The Bertz CT molecular complexity index is 65.5. The van der Waals surface area contributed by atoms with Gasteiger partial charge in [0.25, 0.3) is 0 Å². The van der Waals surface area contributed by atoms with Gasteiger partial charge in [0.2, 0.25) is 0 Å². The van der Waals surface area contributed by atoms with E-state index in [1.54, 1.807) is 5.38 Å². The van der Waals surface area contributed by atoms with E-state index in [0.29, 0.717) is 0 Å². The van der Waals surface area contributed by atoms with Gasteiger partial charge in [0.15, 0.2) is 0 Å². The Balaban J connectivity index is 0. The monoisotopic (exact) mass is 156 g/mol. The molecule has 0 N–H and O–H groups in total. The van der Waals surface area contributed by atoms with E-state index in [1.165, 1.54) is 11.1 Å². The lowest BCUT2D eigenvalue weighted by Crippen LogP contribution is -1.11. The minimum atomic E-state index is 1.24. The number of hydrogen-bond donors (Lipinski definition) is 0. The highest BCUT2D eigenvalue weighted by Crippen LogP contribution is 1.78. The molecule has 0 unspecified atom stereocenters. The maximum Gasteiger partial charge on any atom is 0.0156 e. The fraction of sp³-hybridized carbons (Fsp3) is 0. The van der Waals surface area contributed by atoms with Crippen molar-refractivity contribution in [2.24, 2.45) is 0 Å². The van der Waals surface area contributed by atoms with Crippen LogP contribution in [0.5, 0.6) is 0 Å². The molecule has 0 aliphatic heterocycles. The molecule has 0 bridgehead atoms. The summed E-state index contributed by atoms with van der Waals surface area (Å²) >= 11 is 14.3. The van der Waals surface area contributed by atoms with Crippen LogP contribution in [0.25, 0.3) is 0 Å². The third kappa shape index (κ3) is 78.4. The first kappa shape index (κ1) is 10.2. The molecule has 0 aromatic heterocycles. The third-order valence-corrected chi connectivity index (χ3v) is 0.429. The van der Waals surface area contributed by atoms with E-state index < -0.39 is 0 Å². The van der Waals surface area contributed by atoms with Crippen molar-refractivity contribution in [1.82, 2.24) is 0 Å². The topological polar surface area (TPSA) is 0 Å².